The Morgan fingerprint density at radius 3 is 2.52 bits per heavy atom. The van der Waals surface area contributed by atoms with Crippen molar-refractivity contribution in [3.05, 3.63) is 54.5 Å². The summed E-state index contributed by atoms with van der Waals surface area (Å²) in [7, 11) is 0. The number of anilines is 3. The molecular weight excluding hydrogens is 324 g/mol. The van der Waals surface area contributed by atoms with Gasteiger partial charge < -0.3 is 24.5 Å². The van der Waals surface area contributed by atoms with Crippen LogP contribution in [0.15, 0.2) is 53.1 Å². The first-order chi connectivity index (χ1) is 12.3. The zero-order chi connectivity index (χ0) is 17.1. The van der Waals surface area contributed by atoms with E-state index in [1.54, 1.807) is 24.3 Å². The summed E-state index contributed by atoms with van der Waals surface area (Å²) in [6, 6.07) is 12.1. The molecule has 1 amide bonds. The number of nitrogens with zero attached hydrogens (tertiary/aromatic N) is 2. The Hall–Kier alpha value is -3.55. The first-order valence-corrected chi connectivity index (χ1v) is 7.63. The molecule has 0 bridgehead atoms. The van der Waals surface area contributed by atoms with E-state index >= 15 is 0 Å². The summed E-state index contributed by atoms with van der Waals surface area (Å²) >= 11 is 0. The molecule has 0 saturated heterocycles. The molecule has 25 heavy (non-hydrogen) atoms. The van der Waals surface area contributed by atoms with Crippen LogP contribution in [0.5, 0.6) is 11.5 Å². The van der Waals surface area contributed by atoms with Crippen molar-refractivity contribution in [2.45, 2.75) is 0 Å². The first kappa shape index (κ1) is 15.0. The Balaban J connectivity index is 1.43. The highest BCUT2D eigenvalue weighted by atomic mass is 16.6. The van der Waals surface area contributed by atoms with Gasteiger partial charge in [-0.15, -0.1) is 10.2 Å². The largest absolute Gasteiger partial charge is 0.486 e. The maximum absolute atomic E-state index is 11.9. The molecule has 8 heteroatoms. The summed E-state index contributed by atoms with van der Waals surface area (Å²) in [6.07, 6.45) is 1.43. The molecule has 0 radical (unpaired) electrons. The SMILES string of the molecule is O=C(Nc1ccc(Nc2ccc3c(c2)OCCO3)nn1)c1ccco1. The van der Waals surface area contributed by atoms with Crippen molar-refractivity contribution in [1.29, 1.82) is 0 Å². The van der Waals surface area contributed by atoms with Crippen LogP contribution >= 0.6 is 0 Å². The third kappa shape index (κ3) is 3.37. The number of fused-ring (bicyclic) bond motifs is 1. The minimum Gasteiger partial charge on any atom is -0.486 e. The lowest BCUT2D eigenvalue weighted by atomic mass is 10.2. The molecule has 2 N–H and O–H groups in total. The Labute approximate surface area is 142 Å². The second-order valence-corrected chi connectivity index (χ2v) is 5.22. The van der Waals surface area contributed by atoms with Gasteiger partial charge in [0.25, 0.3) is 5.91 Å². The number of furan rings is 1. The van der Waals surface area contributed by atoms with E-state index in [4.69, 9.17) is 13.9 Å². The molecular formula is C17H14N4O4. The van der Waals surface area contributed by atoms with Gasteiger partial charge in [0.2, 0.25) is 0 Å². The smallest absolute Gasteiger partial charge is 0.292 e. The van der Waals surface area contributed by atoms with Gasteiger partial charge in [-0.1, -0.05) is 0 Å². The van der Waals surface area contributed by atoms with Crippen LogP contribution in [0, 0.1) is 0 Å². The fraction of sp³-hybridized carbons (Fsp3) is 0.118. The summed E-state index contributed by atoms with van der Waals surface area (Å²) < 4.78 is 16.0. The zero-order valence-corrected chi connectivity index (χ0v) is 13.1. The summed E-state index contributed by atoms with van der Waals surface area (Å²) in [5.74, 6) is 2.10. The summed E-state index contributed by atoms with van der Waals surface area (Å²) in [6.45, 7) is 1.08. The fourth-order valence-electron chi connectivity index (χ4n) is 2.32. The third-order valence-corrected chi connectivity index (χ3v) is 3.47. The maximum atomic E-state index is 11.9. The van der Waals surface area contributed by atoms with Crippen molar-refractivity contribution >= 4 is 23.2 Å². The van der Waals surface area contributed by atoms with Gasteiger partial charge in [-0.3, -0.25) is 4.79 Å². The van der Waals surface area contributed by atoms with E-state index in [1.807, 2.05) is 18.2 Å². The molecule has 1 aromatic carbocycles. The van der Waals surface area contributed by atoms with Gasteiger partial charge in [0.1, 0.15) is 13.2 Å². The van der Waals surface area contributed by atoms with Crippen molar-refractivity contribution < 1.29 is 18.7 Å². The van der Waals surface area contributed by atoms with E-state index < -0.39 is 0 Å². The average molecular weight is 338 g/mol. The topological polar surface area (TPSA) is 98.5 Å². The van der Waals surface area contributed by atoms with Gasteiger partial charge in [0.15, 0.2) is 28.9 Å². The van der Waals surface area contributed by atoms with E-state index in [-0.39, 0.29) is 11.7 Å². The molecule has 3 heterocycles. The van der Waals surface area contributed by atoms with E-state index in [9.17, 15) is 4.79 Å². The van der Waals surface area contributed by atoms with Crippen LogP contribution in [0.1, 0.15) is 10.6 Å². The number of benzene rings is 1. The summed E-state index contributed by atoms with van der Waals surface area (Å²) in [5.41, 5.74) is 0.797. The van der Waals surface area contributed by atoms with Gasteiger partial charge in [-0.05, 0) is 36.4 Å². The van der Waals surface area contributed by atoms with Gasteiger partial charge in [0.05, 0.1) is 6.26 Å². The highest BCUT2D eigenvalue weighted by molar-refractivity contribution is 6.01. The van der Waals surface area contributed by atoms with E-state index in [2.05, 4.69) is 20.8 Å². The van der Waals surface area contributed by atoms with Crippen LogP contribution in [0.25, 0.3) is 0 Å². The second-order valence-electron chi connectivity index (χ2n) is 5.22. The summed E-state index contributed by atoms with van der Waals surface area (Å²) in [5, 5.41) is 13.7. The molecule has 8 nitrogen and oxygen atoms in total. The van der Waals surface area contributed by atoms with E-state index in [1.165, 1.54) is 6.26 Å². The van der Waals surface area contributed by atoms with Crippen LogP contribution in [0.2, 0.25) is 0 Å². The van der Waals surface area contributed by atoms with E-state index in [0.717, 1.165) is 11.4 Å². The molecule has 3 aromatic rings. The van der Waals surface area contributed by atoms with Crippen LogP contribution in [-0.2, 0) is 0 Å². The highest BCUT2D eigenvalue weighted by Crippen LogP contribution is 2.33. The zero-order valence-electron chi connectivity index (χ0n) is 13.1. The van der Waals surface area contributed by atoms with Crippen LogP contribution in [0.4, 0.5) is 17.3 Å². The molecule has 1 aliphatic rings. The number of ether oxygens (including phenoxy) is 2. The molecule has 0 unspecified atom stereocenters. The maximum Gasteiger partial charge on any atom is 0.292 e. The van der Waals surface area contributed by atoms with Crippen molar-refractivity contribution in [1.82, 2.24) is 10.2 Å². The molecule has 0 saturated carbocycles. The molecule has 2 aromatic heterocycles. The van der Waals surface area contributed by atoms with Crippen molar-refractivity contribution in [3.8, 4) is 11.5 Å². The van der Waals surface area contributed by atoms with Crippen molar-refractivity contribution in [3.63, 3.8) is 0 Å². The Morgan fingerprint density at radius 2 is 1.76 bits per heavy atom. The number of nitrogens with one attached hydrogen (secondary N) is 2. The molecule has 1 aliphatic heterocycles. The third-order valence-electron chi connectivity index (χ3n) is 3.47. The molecule has 126 valence electrons. The Bertz CT molecular complexity index is 878. The normalized spacial score (nSPS) is 12.5. The van der Waals surface area contributed by atoms with Crippen LogP contribution in [0.3, 0.4) is 0 Å². The Morgan fingerprint density at radius 1 is 0.960 bits per heavy atom. The predicted molar refractivity (Wildman–Crippen MR) is 89.4 cm³/mol. The van der Waals surface area contributed by atoms with Gasteiger partial charge >= 0.3 is 0 Å². The first-order valence-electron chi connectivity index (χ1n) is 7.63. The lowest BCUT2D eigenvalue weighted by Crippen LogP contribution is -2.15. The van der Waals surface area contributed by atoms with Crippen molar-refractivity contribution in [2.75, 3.05) is 23.8 Å². The van der Waals surface area contributed by atoms with E-state index in [0.29, 0.717) is 30.6 Å². The molecule has 0 atom stereocenters. The van der Waals surface area contributed by atoms with Gasteiger partial charge in [-0.25, -0.2) is 0 Å². The van der Waals surface area contributed by atoms with Crippen LogP contribution < -0.4 is 20.1 Å². The molecule has 0 spiro atoms. The fourth-order valence-corrected chi connectivity index (χ4v) is 2.32. The number of hydrogen-bond acceptors (Lipinski definition) is 7. The summed E-state index contributed by atoms with van der Waals surface area (Å²) in [4.78, 5) is 11.9. The standard InChI is InChI=1S/C17H14N4O4/c22-17(13-2-1-7-23-13)19-16-6-5-15(20-21-16)18-11-3-4-12-14(10-11)25-9-8-24-12/h1-7,10H,8-9H2,(H,18,20)(H,19,21,22). The van der Waals surface area contributed by atoms with Gasteiger partial charge in [0, 0.05) is 11.8 Å². The van der Waals surface area contributed by atoms with Crippen LogP contribution in [-0.4, -0.2) is 29.3 Å². The molecule has 0 fully saturated rings. The minimum absolute atomic E-state index is 0.209. The van der Waals surface area contributed by atoms with Crippen molar-refractivity contribution in [2.24, 2.45) is 0 Å². The quantitative estimate of drug-likeness (QED) is 0.754. The lowest BCUT2D eigenvalue weighted by molar-refractivity contribution is 0.0996. The lowest BCUT2D eigenvalue weighted by Gasteiger charge is -2.19. The minimum atomic E-state index is -0.383. The molecule has 0 aliphatic carbocycles. The predicted octanol–water partition coefficient (Wildman–Crippen LogP) is 2.84. The number of rotatable bonds is 4. The Kier molecular flexibility index (Phi) is 3.91. The average Bonchev–Trinajstić information content (AvgIpc) is 3.18. The highest BCUT2D eigenvalue weighted by Gasteiger charge is 2.12. The number of carbonyl (C=O) groups excluding carboxylic acids is 1. The second kappa shape index (κ2) is 6.52. The molecule has 4 rings (SSSR count). The number of amides is 1. The van der Waals surface area contributed by atoms with Gasteiger partial charge in [-0.2, -0.15) is 0 Å². The monoisotopic (exact) mass is 338 g/mol. The number of carbonyl (C=O) groups is 1. The number of aromatic nitrogens is 2. The number of hydrogen-bond donors (Lipinski definition) is 2.